The van der Waals surface area contributed by atoms with E-state index in [2.05, 4.69) is 20.9 Å². The number of amides is 1. The van der Waals surface area contributed by atoms with E-state index in [1.807, 2.05) is 17.0 Å². The van der Waals surface area contributed by atoms with Gasteiger partial charge in [0.15, 0.2) is 0 Å². The van der Waals surface area contributed by atoms with E-state index in [1.165, 1.54) is 12.8 Å². The van der Waals surface area contributed by atoms with E-state index in [0.717, 1.165) is 29.9 Å². The fourth-order valence-corrected chi connectivity index (χ4v) is 2.38. The summed E-state index contributed by atoms with van der Waals surface area (Å²) < 4.78 is 0.727. The summed E-state index contributed by atoms with van der Waals surface area (Å²) in [5.41, 5.74) is 0.562. The molecule has 2 saturated carbocycles. The minimum absolute atomic E-state index is 0.0979. The average molecular weight is 295 g/mol. The molecule has 2 fully saturated rings. The molecular formula is C13H15BrN2O. The van der Waals surface area contributed by atoms with Gasteiger partial charge in [-0.25, -0.2) is 4.98 Å². The van der Waals surface area contributed by atoms with Gasteiger partial charge in [-0.1, -0.05) is 6.07 Å². The fraction of sp³-hybridized carbons (Fsp3) is 0.538. The van der Waals surface area contributed by atoms with Crippen molar-refractivity contribution in [3.8, 4) is 0 Å². The lowest BCUT2D eigenvalue weighted by Crippen LogP contribution is -2.35. The van der Waals surface area contributed by atoms with Crippen molar-refractivity contribution in [2.75, 3.05) is 6.54 Å². The Kier molecular flexibility index (Phi) is 2.90. The average Bonchev–Trinajstić information content (AvgIpc) is 3.16. The van der Waals surface area contributed by atoms with Gasteiger partial charge in [0.25, 0.3) is 5.91 Å². The van der Waals surface area contributed by atoms with Crippen LogP contribution in [-0.4, -0.2) is 28.4 Å². The Bertz CT molecular complexity index is 441. The van der Waals surface area contributed by atoms with Gasteiger partial charge in [-0.3, -0.25) is 4.79 Å². The van der Waals surface area contributed by atoms with Crippen molar-refractivity contribution in [3.05, 3.63) is 28.5 Å². The first-order valence-electron chi connectivity index (χ1n) is 6.17. The van der Waals surface area contributed by atoms with Crippen molar-refractivity contribution in [1.82, 2.24) is 9.88 Å². The number of aromatic nitrogens is 1. The molecule has 0 aromatic carbocycles. The van der Waals surface area contributed by atoms with Gasteiger partial charge in [-0.05, 0) is 59.7 Å². The van der Waals surface area contributed by atoms with Crippen molar-refractivity contribution >= 4 is 21.8 Å². The molecule has 1 aromatic heterocycles. The minimum Gasteiger partial charge on any atom is -0.334 e. The first kappa shape index (κ1) is 11.2. The van der Waals surface area contributed by atoms with Gasteiger partial charge >= 0.3 is 0 Å². The molecule has 17 heavy (non-hydrogen) atoms. The van der Waals surface area contributed by atoms with Crippen LogP contribution in [-0.2, 0) is 0 Å². The van der Waals surface area contributed by atoms with E-state index in [9.17, 15) is 4.79 Å². The second-order valence-electron chi connectivity index (χ2n) is 4.98. The third-order valence-corrected chi connectivity index (χ3v) is 3.78. The Labute approximate surface area is 109 Å². The molecule has 0 atom stereocenters. The van der Waals surface area contributed by atoms with Crippen molar-refractivity contribution in [2.24, 2.45) is 5.92 Å². The molecule has 0 bridgehead atoms. The highest BCUT2D eigenvalue weighted by Gasteiger charge is 2.37. The van der Waals surface area contributed by atoms with Crippen molar-refractivity contribution in [3.63, 3.8) is 0 Å². The maximum absolute atomic E-state index is 12.4. The lowest BCUT2D eigenvalue weighted by molar-refractivity contribution is 0.0728. The van der Waals surface area contributed by atoms with Gasteiger partial charge in [0, 0.05) is 12.6 Å². The number of halogens is 1. The first-order valence-corrected chi connectivity index (χ1v) is 6.97. The molecule has 0 aliphatic heterocycles. The standard InChI is InChI=1S/C13H15BrN2O/c14-12-3-1-2-11(15-12)13(17)16(10-6-7-10)8-9-4-5-9/h1-3,9-10H,4-8H2. The zero-order valence-corrected chi connectivity index (χ0v) is 11.2. The SMILES string of the molecule is O=C(c1cccc(Br)n1)N(CC1CC1)C1CC1. The van der Waals surface area contributed by atoms with Crippen LogP contribution in [0.1, 0.15) is 36.2 Å². The van der Waals surface area contributed by atoms with Crippen LogP contribution in [0.2, 0.25) is 0 Å². The minimum atomic E-state index is 0.0979. The lowest BCUT2D eigenvalue weighted by Gasteiger charge is -2.21. The largest absolute Gasteiger partial charge is 0.334 e. The zero-order valence-electron chi connectivity index (χ0n) is 9.60. The molecule has 1 heterocycles. The van der Waals surface area contributed by atoms with Crippen molar-refractivity contribution in [1.29, 1.82) is 0 Å². The van der Waals surface area contributed by atoms with E-state index in [4.69, 9.17) is 0 Å². The van der Waals surface area contributed by atoms with E-state index in [-0.39, 0.29) is 5.91 Å². The van der Waals surface area contributed by atoms with Crippen molar-refractivity contribution in [2.45, 2.75) is 31.7 Å². The normalized spacial score (nSPS) is 19.1. The Morgan fingerprint density at radius 2 is 2.12 bits per heavy atom. The number of hydrogen-bond donors (Lipinski definition) is 0. The Balaban J connectivity index is 1.77. The maximum atomic E-state index is 12.4. The van der Waals surface area contributed by atoms with E-state index < -0.39 is 0 Å². The molecule has 3 nitrogen and oxygen atoms in total. The third-order valence-electron chi connectivity index (χ3n) is 3.33. The zero-order chi connectivity index (χ0) is 11.8. The van der Waals surface area contributed by atoms with E-state index in [1.54, 1.807) is 6.07 Å². The van der Waals surface area contributed by atoms with E-state index >= 15 is 0 Å². The number of pyridine rings is 1. The summed E-state index contributed by atoms with van der Waals surface area (Å²) in [5, 5.41) is 0. The van der Waals surface area contributed by atoms with Crippen LogP contribution in [0.25, 0.3) is 0 Å². The smallest absolute Gasteiger partial charge is 0.272 e. The number of rotatable bonds is 4. The second kappa shape index (κ2) is 4.41. The highest BCUT2D eigenvalue weighted by molar-refractivity contribution is 9.10. The summed E-state index contributed by atoms with van der Waals surface area (Å²) >= 11 is 3.31. The Morgan fingerprint density at radius 1 is 1.35 bits per heavy atom. The summed E-state index contributed by atoms with van der Waals surface area (Å²) in [6.45, 7) is 0.928. The number of hydrogen-bond acceptors (Lipinski definition) is 2. The Hall–Kier alpha value is -0.900. The summed E-state index contributed by atoms with van der Waals surface area (Å²) in [4.78, 5) is 18.7. The summed E-state index contributed by atoms with van der Waals surface area (Å²) in [7, 11) is 0. The van der Waals surface area contributed by atoms with Gasteiger partial charge in [0.05, 0.1) is 0 Å². The molecule has 90 valence electrons. The van der Waals surface area contributed by atoms with Gasteiger partial charge in [-0.2, -0.15) is 0 Å². The molecular weight excluding hydrogens is 280 g/mol. The summed E-state index contributed by atoms with van der Waals surface area (Å²) in [6, 6.07) is 5.99. The Morgan fingerprint density at radius 3 is 2.71 bits per heavy atom. The van der Waals surface area contributed by atoms with Crippen LogP contribution < -0.4 is 0 Å². The van der Waals surface area contributed by atoms with Crippen LogP contribution in [0.15, 0.2) is 22.8 Å². The summed E-state index contributed by atoms with van der Waals surface area (Å²) in [5.74, 6) is 0.840. The van der Waals surface area contributed by atoms with Crippen LogP contribution in [0.5, 0.6) is 0 Å². The molecule has 0 unspecified atom stereocenters. The molecule has 0 radical (unpaired) electrons. The topological polar surface area (TPSA) is 33.2 Å². The van der Waals surface area contributed by atoms with Crippen LogP contribution >= 0.6 is 15.9 Å². The molecule has 3 rings (SSSR count). The second-order valence-corrected chi connectivity index (χ2v) is 5.79. The molecule has 2 aliphatic rings. The highest BCUT2D eigenvalue weighted by Crippen LogP contribution is 2.35. The van der Waals surface area contributed by atoms with E-state index in [0.29, 0.717) is 11.7 Å². The van der Waals surface area contributed by atoms with Crippen molar-refractivity contribution < 1.29 is 4.79 Å². The van der Waals surface area contributed by atoms with Crippen LogP contribution in [0.4, 0.5) is 0 Å². The monoisotopic (exact) mass is 294 g/mol. The molecule has 2 aliphatic carbocycles. The number of carbonyl (C=O) groups is 1. The molecule has 1 aromatic rings. The molecule has 0 N–H and O–H groups in total. The van der Waals surface area contributed by atoms with Crippen LogP contribution in [0, 0.1) is 5.92 Å². The predicted molar refractivity (Wildman–Crippen MR) is 68.7 cm³/mol. The molecule has 0 saturated heterocycles. The molecule has 4 heteroatoms. The number of carbonyl (C=O) groups excluding carboxylic acids is 1. The summed E-state index contributed by atoms with van der Waals surface area (Å²) in [6.07, 6.45) is 4.88. The number of nitrogens with zero attached hydrogens (tertiary/aromatic N) is 2. The quantitative estimate of drug-likeness (QED) is 0.800. The fourth-order valence-electron chi connectivity index (χ4n) is 2.04. The highest BCUT2D eigenvalue weighted by atomic mass is 79.9. The molecule has 1 amide bonds. The maximum Gasteiger partial charge on any atom is 0.272 e. The predicted octanol–water partition coefficient (Wildman–Crippen LogP) is 2.86. The molecule has 0 spiro atoms. The van der Waals surface area contributed by atoms with Crippen LogP contribution in [0.3, 0.4) is 0 Å². The van der Waals surface area contributed by atoms with Gasteiger partial charge in [0.2, 0.25) is 0 Å². The lowest BCUT2D eigenvalue weighted by atomic mass is 10.2. The first-order chi connectivity index (χ1) is 8.24. The third kappa shape index (κ3) is 2.68. The van der Waals surface area contributed by atoms with Gasteiger partial charge in [0.1, 0.15) is 10.3 Å². The van der Waals surface area contributed by atoms with Gasteiger partial charge in [-0.15, -0.1) is 0 Å². The van der Waals surface area contributed by atoms with Gasteiger partial charge < -0.3 is 4.90 Å².